The Labute approximate surface area is 266 Å². The number of nitrogens with two attached hydrogens (primary N) is 2. The van der Waals surface area contributed by atoms with E-state index in [4.69, 9.17) is 49.7 Å². The fourth-order valence-electron chi connectivity index (χ4n) is 2.90. The zero-order valence-electron chi connectivity index (χ0n) is 23.6. The minimum atomic E-state index is -4.63. The lowest BCUT2D eigenvalue weighted by atomic mass is 9.93. The lowest BCUT2D eigenvalue weighted by Gasteiger charge is -2.16. The van der Waals surface area contributed by atoms with Crippen molar-refractivity contribution in [3.05, 3.63) is 60.1 Å². The Morgan fingerprint density at radius 1 is 1.20 bits per heavy atom. The number of carboxylic acid groups (broad SMARTS) is 1. The third kappa shape index (κ3) is 11.8. The molecule has 45 heavy (non-hydrogen) atoms. The Bertz CT molecular complexity index is 1620. The highest BCUT2D eigenvalue weighted by atomic mass is 35.5. The zero-order valence-corrected chi connectivity index (χ0v) is 26.8. The van der Waals surface area contributed by atoms with Gasteiger partial charge in [0, 0.05) is 5.41 Å². The number of nitrogens with one attached hydrogen (secondary N) is 1. The van der Waals surface area contributed by atoms with Crippen molar-refractivity contribution in [3.63, 3.8) is 0 Å². The third-order valence-corrected chi connectivity index (χ3v) is 6.74. The van der Waals surface area contributed by atoms with E-state index >= 15 is 0 Å². The van der Waals surface area contributed by atoms with Gasteiger partial charge in [0.25, 0.3) is 5.56 Å². The molecule has 0 saturated carbocycles. The third-order valence-electron chi connectivity index (χ3n) is 4.89. The fourth-order valence-corrected chi connectivity index (χ4v) is 4.36. The fraction of sp³-hybridized carbons (Fsp3) is 0.381. The number of carboxylic acids is 1. The molecule has 8 N–H and O–H groups in total. The molecule has 3 aromatic rings. The molecule has 0 fully saturated rings. The van der Waals surface area contributed by atoms with Crippen LogP contribution in [0.25, 0.3) is 5.69 Å². The summed E-state index contributed by atoms with van der Waals surface area (Å²) in [4.78, 5) is 47.8. The predicted octanol–water partition coefficient (Wildman–Crippen LogP) is 2.86. The highest BCUT2D eigenvalue weighted by Gasteiger charge is 2.33. The van der Waals surface area contributed by atoms with E-state index in [1.807, 2.05) is 20.8 Å². The number of benzene rings is 1. The molecule has 0 bridgehead atoms. The van der Waals surface area contributed by atoms with Crippen LogP contribution in [0.4, 0.5) is 24.7 Å². The number of carbonyl (C=O) groups is 1. The smallest absolute Gasteiger partial charge is 0.416 e. The summed E-state index contributed by atoms with van der Waals surface area (Å²) in [7, 11) is -4.10. The number of hydrogen-bond donors (Lipinski definition) is 6. The molecule has 0 atom stereocenters. The average molecular weight is 724 g/mol. The lowest BCUT2D eigenvalue weighted by Crippen LogP contribution is -2.37. The maximum Gasteiger partial charge on any atom is 0.416 e. The quantitative estimate of drug-likeness (QED) is 0.0672. The van der Waals surface area contributed by atoms with Gasteiger partial charge in [-0.2, -0.15) is 22.9 Å². The van der Waals surface area contributed by atoms with Crippen LogP contribution < -0.4 is 22.5 Å². The number of rotatable bonds is 7. The summed E-state index contributed by atoms with van der Waals surface area (Å²) < 4.78 is 49.8. The molecule has 0 saturated heterocycles. The molecule has 2 aromatic heterocycles. The second kappa shape index (κ2) is 15.7. The van der Waals surface area contributed by atoms with E-state index in [9.17, 15) is 37.4 Å². The minimum absolute atomic E-state index is 0.170. The number of nitro groups is 1. The van der Waals surface area contributed by atoms with E-state index in [2.05, 4.69) is 20.6 Å². The Kier molecular flexibility index (Phi) is 13.8. The molecule has 1 aromatic carbocycles. The standard InChI is InChI=1S/C10H5Cl2F3N4O2.C8H14N4OS.C3H8NO5P/c11-5-1-4(10(13,14)15)2-6(12)8(5)18-9(16)7(3-17-18)19(20)21;1-8(2,3)5-6(13)12(9)7(14-4)11-10-5;5-3(6)1-4-2-10(7,8)9/h1-3H,16H2;9H2,1-4H3;4H,1-2H2,(H,5,6)(H2,7,8,9). The average Bonchev–Trinajstić information content (AvgIpc) is 3.24. The first-order chi connectivity index (χ1) is 20.4. The first-order valence-electron chi connectivity index (χ1n) is 11.7. The number of nitrogens with zero attached hydrogens (tertiary/aromatic N) is 6. The molecular formula is C21H27Cl2F3N9O8PS. The van der Waals surface area contributed by atoms with Gasteiger partial charge in [-0.05, 0) is 18.4 Å². The first-order valence-corrected chi connectivity index (χ1v) is 15.5. The Balaban J connectivity index is 0.000000366. The van der Waals surface area contributed by atoms with Crippen LogP contribution in [-0.2, 0) is 21.0 Å². The van der Waals surface area contributed by atoms with Crippen LogP contribution in [0, 0.1) is 10.1 Å². The predicted molar refractivity (Wildman–Crippen MR) is 159 cm³/mol. The van der Waals surface area contributed by atoms with Gasteiger partial charge < -0.3 is 26.5 Å². The molecule has 0 amide bonds. The molecule has 24 heteroatoms. The summed E-state index contributed by atoms with van der Waals surface area (Å²) in [5.41, 5.74) is 3.56. The number of aromatic nitrogens is 5. The number of aliphatic carboxylic acids is 1. The van der Waals surface area contributed by atoms with Gasteiger partial charge in [-0.25, -0.2) is 4.68 Å². The van der Waals surface area contributed by atoms with Crippen molar-refractivity contribution < 1.29 is 42.3 Å². The molecule has 0 spiro atoms. The van der Waals surface area contributed by atoms with Crippen LogP contribution in [0.1, 0.15) is 32.0 Å². The Hall–Kier alpha value is -3.46. The van der Waals surface area contributed by atoms with Crippen LogP contribution in [0.15, 0.2) is 28.3 Å². The SMILES string of the molecule is CSc1nnc(C(C)(C)C)c(=O)n1N.Nc1c([N+](=O)[O-])cnn1-c1c(Cl)cc(C(F)(F)F)cc1Cl.O=C(O)CNCP(=O)(O)O. The van der Waals surface area contributed by atoms with Crippen molar-refractivity contribution in [1.29, 1.82) is 0 Å². The number of thioether (sulfide) groups is 1. The largest absolute Gasteiger partial charge is 0.480 e. The minimum Gasteiger partial charge on any atom is -0.480 e. The summed E-state index contributed by atoms with van der Waals surface area (Å²) in [6.07, 6.45) is -2.59. The highest BCUT2D eigenvalue weighted by molar-refractivity contribution is 7.98. The number of hydrogen-bond acceptors (Lipinski definition) is 12. The van der Waals surface area contributed by atoms with E-state index in [0.717, 1.165) is 15.6 Å². The van der Waals surface area contributed by atoms with Crippen LogP contribution >= 0.6 is 42.6 Å². The molecular weight excluding hydrogens is 697 g/mol. The second-order valence-electron chi connectivity index (χ2n) is 9.47. The first kappa shape index (κ1) is 39.6. The summed E-state index contributed by atoms with van der Waals surface area (Å²) in [6.45, 7) is 5.26. The summed E-state index contributed by atoms with van der Waals surface area (Å²) in [5, 5.41) is 31.8. The van der Waals surface area contributed by atoms with E-state index in [0.29, 0.717) is 23.0 Å². The molecule has 3 rings (SSSR count). The van der Waals surface area contributed by atoms with Crippen molar-refractivity contribution in [3.8, 4) is 5.69 Å². The number of anilines is 1. The van der Waals surface area contributed by atoms with Gasteiger partial charge in [-0.1, -0.05) is 55.7 Å². The second-order valence-corrected chi connectivity index (χ2v) is 12.7. The number of halogens is 5. The van der Waals surface area contributed by atoms with E-state index in [1.165, 1.54) is 11.8 Å². The van der Waals surface area contributed by atoms with Gasteiger partial charge >= 0.3 is 25.4 Å². The maximum atomic E-state index is 12.6. The molecule has 0 aliphatic rings. The highest BCUT2D eigenvalue weighted by Crippen LogP contribution is 2.39. The number of alkyl halides is 3. The molecule has 0 unspecified atom stereocenters. The Morgan fingerprint density at radius 3 is 2.11 bits per heavy atom. The summed E-state index contributed by atoms with van der Waals surface area (Å²) >= 11 is 12.8. The van der Waals surface area contributed by atoms with Crippen LogP contribution in [0.3, 0.4) is 0 Å². The van der Waals surface area contributed by atoms with Crippen LogP contribution in [-0.4, -0.2) is 69.5 Å². The van der Waals surface area contributed by atoms with Crippen LogP contribution in [0.2, 0.25) is 10.0 Å². The zero-order chi connectivity index (χ0) is 35.1. The molecule has 2 heterocycles. The summed E-state index contributed by atoms with van der Waals surface area (Å²) in [5.74, 6) is 4.03. The maximum absolute atomic E-state index is 12.6. The van der Waals surface area contributed by atoms with Gasteiger partial charge in [0.15, 0.2) is 0 Å². The van der Waals surface area contributed by atoms with Gasteiger partial charge in [-0.3, -0.25) is 29.6 Å². The van der Waals surface area contributed by atoms with Crippen molar-refractivity contribution in [2.75, 3.05) is 30.7 Å². The molecule has 17 nitrogen and oxygen atoms in total. The van der Waals surface area contributed by atoms with Crippen molar-refractivity contribution in [2.45, 2.75) is 37.5 Å². The van der Waals surface area contributed by atoms with Gasteiger partial charge in [0.05, 0.1) is 33.4 Å². The van der Waals surface area contributed by atoms with Crippen LogP contribution in [0.5, 0.6) is 0 Å². The normalized spacial score (nSPS) is 11.6. The van der Waals surface area contributed by atoms with Gasteiger partial charge in [0.2, 0.25) is 11.0 Å². The molecule has 250 valence electrons. The molecule has 0 aliphatic heterocycles. The van der Waals surface area contributed by atoms with Crippen molar-refractivity contribution >= 4 is 60.0 Å². The lowest BCUT2D eigenvalue weighted by molar-refractivity contribution is -0.383. The van der Waals surface area contributed by atoms with Crippen molar-refractivity contribution in [2.24, 2.45) is 0 Å². The van der Waals surface area contributed by atoms with Crippen molar-refractivity contribution in [1.82, 2.24) is 30.0 Å². The van der Waals surface area contributed by atoms with E-state index in [-0.39, 0.29) is 26.7 Å². The van der Waals surface area contributed by atoms with Gasteiger partial charge in [0.1, 0.15) is 17.6 Å². The van der Waals surface area contributed by atoms with E-state index in [1.54, 1.807) is 6.26 Å². The topological polar surface area (TPSA) is 268 Å². The molecule has 0 aliphatic carbocycles. The van der Waals surface area contributed by atoms with E-state index < -0.39 is 54.6 Å². The monoisotopic (exact) mass is 723 g/mol. The Morgan fingerprint density at radius 2 is 1.73 bits per heavy atom. The number of nitrogen functional groups attached to an aromatic ring is 2. The molecule has 0 radical (unpaired) electrons. The van der Waals surface area contributed by atoms with Gasteiger partial charge in [-0.15, -0.1) is 10.2 Å². The summed E-state index contributed by atoms with van der Waals surface area (Å²) in [6, 6.07) is 1.27.